The predicted molar refractivity (Wildman–Crippen MR) is 77.1 cm³/mol. The molecule has 104 valence electrons. The number of carbonyl (C=O) groups is 1. The molecule has 0 atom stereocenters. The van der Waals surface area contributed by atoms with Crippen LogP contribution in [-0.4, -0.2) is 41.5 Å². The molecule has 1 aromatic carbocycles. The average Bonchev–Trinajstić information content (AvgIpc) is 3.21. The van der Waals surface area contributed by atoms with Crippen LogP contribution in [0, 0.1) is 0 Å². The van der Waals surface area contributed by atoms with Crippen molar-refractivity contribution in [1.82, 2.24) is 4.90 Å². The first-order chi connectivity index (χ1) is 9.13. The van der Waals surface area contributed by atoms with Gasteiger partial charge in [0.15, 0.2) is 5.78 Å². The largest absolute Gasteiger partial charge is 0.395 e. The summed E-state index contributed by atoms with van der Waals surface area (Å²) in [5.41, 5.74) is 0.480. The van der Waals surface area contributed by atoms with E-state index in [0.717, 1.165) is 12.8 Å². The van der Waals surface area contributed by atoms with Crippen LogP contribution in [0.25, 0.3) is 0 Å². The van der Waals surface area contributed by atoms with Gasteiger partial charge in [-0.3, -0.25) is 9.69 Å². The first kappa shape index (κ1) is 14.8. The molecule has 19 heavy (non-hydrogen) atoms. The van der Waals surface area contributed by atoms with E-state index in [1.165, 1.54) is 0 Å². The fourth-order valence-corrected chi connectivity index (χ4v) is 2.55. The normalized spacial score (nSPS) is 14.9. The van der Waals surface area contributed by atoms with Gasteiger partial charge in [0.25, 0.3) is 0 Å². The summed E-state index contributed by atoms with van der Waals surface area (Å²) in [6, 6.07) is 5.63. The van der Waals surface area contributed by atoms with Gasteiger partial charge in [-0.25, -0.2) is 0 Å². The summed E-state index contributed by atoms with van der Waals surface area (Å²) >= 11 is 11.9. The minimum Gasteiger partial charge on any atom is -0.395 e. The minimum atomic E-state index is -0.00362. The summed E-state index contributed by atoms with van der Waals surface area (Å²) in [5.74, 6) is -0.00362. The number of benzene rings is 1. The highest BCUT2D eigenvalue weighted by Gasteiger charge is 2.28. The van der Waals surface area contributed by atoms with Crippen molar-refractivity contribution in [1.29, 1.82) is 0 Å². The highest BCUT2D eigenvalue weighted by atomic mass is 35.5. The van der Waals surface area contributed by atoms with E-state index in [1.54, 1.807) is 18.2 Å². The number of ketones is 1. The maximum Gasteiger partial charge on any atom is 0.165 e. The Morgan fingerprint density at radius 1 is 1.32 bits per heavy atom. The molecule has 1 aliphatic carbocycles. The fraction of sp³-hybridized carbons (Fsp3) is 0.500. The molecule has 1 aromatic rings. The Hall–Kier alpha value is -0.610. The summed E-state index contributed by atoms with van der Waals surface area (Å²) in [4.78, 5) is 14.3. The Kier molecular flexibility index (Phi) is 5.22. The van der Waals surface area contributed by atoms with E-state index >= 15 is 0 Å². The molecule has 0 heterocycles. The summed E-state index contributed by atoms with van der Waals surface area (Å²) in [7, 11) is 0. The third-order valence-electron chi connectivity index (χ3n) is 3.33. The van der Waals surface area contributed by atoms with Gasteiger partial charge >= 0.3 is 0 Å². The molecule has 2 rings (SSSR count). The molecule has 0 spiro atoms. The van der Waals surface area contributed by atoms with Crippen LogP contribution in [0.3, 0.4) is 0 Å². The van der Waals surface area contributed by atoms with Gasteiger partial charge in [-0.15, -0.1) is 0 Å². The molecule has 1 fully saturated rings. The summed E-state index contributed by atoms with van der Waals surface area (Å²) in [5, 5.41) is 9.74. The molecule has 0 aliphatic heterocycles. The number of aliphatic hydroxyl groups excluding tert-OH is 1. The zero-order valence-electron chi connectivity index (χ0n) is 10.6. The van der Waals surface area contributed by atoms with Gasteiger partial charge in [0, 0.05) is 31.1 Å². The molecule has 0 bridgehead atoms. The quantitative estimate of drug-likeness (QED) is 0.787. The van der Waals surface area contributed by atoms with Gasteiger partial charge in [-0.1, -0.05) is 29.3 Å². The van der Waals surface area contributed by atoms with Gasteiger partial charge in [0.1, 0.15) is 0 Å². The van der Waals surface area contributed by atoms with Gasteiger partial charge < -0.3 is 5.11 Å². The number of aliphatic hydroxyl groups is 1. The number of nitrogens with zero attached hydrogens (tertiary/aromatic N) is 1. The van der Waals surface area contributed by atoms with Crippen molar-refractivity contribution in [2.24, 2.45) is 0 Å². The van der Waals surface area contributed by atoms with Crippen molar-refractivity contribution in [3.63, 3.8) is 0 Å². The highest BCUT2D eigenvalue weighted by Crippen LogP contribution is 2.28. The van der Waals surface area contributed by atoms with Gasteiger partial charge in [0.05, 0.1) is 16.7 Å². The predicted octanol–water partition coefficient (Wildman–Crippen LogP) is 3.02. The molecule has 5 heteroatoms. The number of hydrogen-bond donors (Lipinski definition) is 1. The van der Waals surface area contributed by atoms with Crippen molar-refractivity contribution < 1.29 is 9.90 Å². The first-order valence-electron chi connectivity index (χ1n) is 6.45. The second-order valence-corrected chi connectivity index (χ2v) is 5.55. The van der Waals surface area contributed by atoms with E-state index < -0.39 is 0 Å². The zero-order valence-corrected chi connectivity index (χ0v) is 12.1. The van der Waals surface area contributed by atoms with E-state index in [4.69, 9.17) is 28.3 Å². The maximum atomic E-state index is 12.1. The van der Waals surface area contributed by atoms with E-state index in [-0.39, 0.29) is 12.4 Å². The topological polar surface area (TPSA) is 40.5 Å². The van der Waals surface area contributed by atoms with Gasteiger partial charge in [-0.05, 0) is 25.0 Å². The number of halogens is 2. The standard InChI is InChI=1S/C14H17Cl2NO2/c15-12-3-1-2-11(14(12)16)13(19)6-7-17(8-9-18)10-4-5-10/h1-3,10,18H,4-9H2. The number of rotatable bonds is 7. The first-order valence-corrected chi connectivity index (χ1v) is 7.21. The van der Waals surface area contributed by atoms with E-state index in [0.29, 0.717) is 41.2 Å². The van der Waals surface area contributed by atoms with Gasteiger partial charge in [-0.2, -0.15) is 0 Å². The monoisotopic (exact) mass is 301 g/mol. The number of Topliss-reactive ketones (excluding diaryl/α,β-unsaturated/α-hetero) is 1. The van der Waals surface area contributed by atoms with Crippen LogP contribution in [0.15, 0.2) is 18.2 Å². The van der Waals surface area contributed by atoms with Crippen LogP contribution in [0.1, 0.15) is 29.6 Å². The van der Waals surface area contributed by atoms with Crippen molar-refractivity contribution in [2.75, 3.05) is 19.7 Å². The van der Waals surface area contributed by atoms with Crippen molar-refractivity contribution in [2.45, 2.75) is 25.3 Å². The fourth-order valence-electron chi connectivity index (χ4n) is 2.14. The summed E-state index contributed by atoms with van der Waals surface area (Å²) < 4.78 is 0. The summed E-state index contributed by atoms with van der Waals surface area (Å²) in [6.45, 7) is 1.41. The van der Waals surface area contributed by atoms with Crippen LogP contribution >= 0.6 is 23.2 Å². The van der Waals surface area contributed by atoms with E-state index in [9.17, 15) is 4.79 Å². The Bertz CT molecular complexity index is 461. The second-order valence-electron chi connectivity index (χ2n) is 4.77. The average molecular weight is 302 g/mol. The third kappa shape index (κ3) is 3.93. The van der Waals surface area contributed by atoms with Crippen molar-refractivity contribution in [3.05, 3.63) is 33.8 Å². The van der Waals surface area contributed by atoms with Crippen molar-refractivity contribution >= 4 is 29.0 Å². The lowest BCUT2D eigenvalue weighted by molar-refractivity contribution is 0.0954. The van der Waals surface area contributed by atoms with Crippen LogP contribution in [0.2, 0.25) is 10.0 Å². The highest BCUT2D eigenvalue weighted by molar-refractivity contribution is 6.43. The molecule has 1 aliphatic rings. The van der Waals surface area contributed by atoms with Crippen LogP contribution in [-0.2, 0) is 0 Å². The van der Waals surface area contributed by atoms with Crippen LogP contribution < -0.4 is 0 Å². The summed E-state index contributed by atoms with van der Waals surface area (Å²) in [6.07, 6.45) is 2.72. The molecule has 0 radical (unpaired) electrons. The smallest absolute Gasteiger partial charge is 0.165 e. The van der Waals surface area contributed by atoms with Crippen LogP contribution in [0.4, 0.5) is 0 Å². The number of hydrogen-bond acceptors (Lipinski definition) is 3. The van der Waals surface area contributed by atoms with Crippen molar-refractivity contribution in [3.8, 4) is 0 Å². The Morgan fingerprint density at radius 2 is 2.05 bits per heavy atom. The Balaban J connectivity index is 1.94. The molecule has 0 unspecified atom stereocenters. The Morgan fingerprint density at radius 3 is 2.68 bits per heavy atom. The molecule has 1 saturated carbocycles. The zero-order chi connectivity index (χ0) is 13.8. The SMILES string of the molecule is O=C(CCN(CCO)C1CC1)c1cccc(Cl)c1Cl. The molecule has 1 N–H and O–H groups in total. The maximum absolute atomic E-state index is 12.1. The number of carbonyl (C=O) groups excluding carboxylic acids is 1. The Labute approximate surface area is 123 Å². The van der Waals surface area contributed by atoms with E-state index in [2.05, 4.69) is 4.90 Å². The van der Waals surface area contributed by atoms with Crippen LogP contribution in [0.5, 0.6) is 0 Å². The minimum absolute atomic E-state index is 0.00362. The molecular weight excluding hydrogens is 285 g/mol. The molecule has 0 aromatic heterocycles. The molecular formula is C14H17Cl2NO2. The third-order valence-corrected chi connectivity index (χ3v) is 4.15. The van der Waals surface area contributed by atoms with Gasteiger partial charge in [0.2, 0.25) is 0 Å². The molecule has 0 amide bonds. The lowest BCUT2D eigenvalue weighted by Crippen LogP contribution is -2.31. The van der Waals surface area contributed by atoms with E-state index in [1.807, 2.05) is 0 Å². The molecule has 3 nitrogen and oxygen atoms in total. The molecule has 0 saturated heterocycles. The lowest BCUT2D eigenvalue weighted by Gasteiger charge is -2.20. The lowest BCUT2D eigenvalue weighted by atomic mass is 10.1. The second kappa shape index (κ2) is 6.71.